The van der Waals surface area contributed by atoms with Crippen molar-refractivity contribution in [1.82, 2.24) is 10.2 Å². The molecule has 3 aromatic rings. The zero-order valence-corrected chi connectivity index (χ0v) is 22.7. The van der Waals surface area contributed by atoms with Gasteiger partial charge in [0.15, 0.2) is 0 Å². The molecule has 0 aliphatic heterocycles. The highest BCUT2D eigenvalue weighted by atomic mass is 35.5. The second-order valence-electron chi connectivity index (χ2n) is 8.90. The van der Waals surface area contributed by atoms with Crippen molar-refractivity contribution in [3.63, 3.8) is 0 Å². The zero-order valence-electron chi connectivity index (χ0n) is 21.2. The van der Waals surface area contributed by atoms with E-state index in [0.29, 0.717) is 17.1 Å². The molecule has 2 amide bonds. The van der Waals surface area contributed by atoms with Gasteiger partial charge in [-0.05, 0) is 62.2 Å². The summed E-state index contributed by atoms with van der Waals surface area (Å²) in [5, 5.41) is 3.28. The molecule has 3 aromatic carbocycles. The number of amides is 2. The number of rotatable bonds is 11. The molecule has 0 spiro atoms. The first kappa shape index (κ1) is 28.2. The topological polar surface area (TPSA) is 86.8 Å². The van der Waals surface area contributed by atoms with Crippen LogP contribution in [0.15, 0.2) is 89.8 Å². The maximum Gasteiger partial charge on any atom is 0.264 e. The Hall–Kier alpha value is -3.36. The van der Waals surface area contributed by atoms with Crippen LogP contribution in [-0.4, -0.2) is 43.8 Å². The van der Waals surface area contributed by atoms with Crippen LogP contribution in [0.25, 0.3) is 0 Å². The highest BCUT2D eigenvalue weighted by Gasteiger charge is 2.33. The molecule has 0 aliphatic carbocycles. The fourth-order valence-corrected chi connectivity index (χ4v) is 5.48. The van der Waals surface area contributed by atoms with E-state index in [2.05, 4.69) is 5.32 Å². The van der Waals surface area contributed by atoms with Crippen LogP contribution in [0.2, 0.25) is 5.02 Å². The minimum absolute atomic E-state index is 0.00718. The maximum absolute atomic E-state index is 13.9. The van der Waals surface area contributed by atoms with Gasteiger partial charge in [0.2, 0.25) is 11.8 Å². The first-order chi connectivity index (χ1) is 17.6. The summed E-state index contributed by atoms with van der Waals surface area (Å²) in [6.07, 6.45) is 0.367. The summed E-state index contributed by atoms with van der Waals surface area (Å²) in [7, 11) is -4.12. The Morgan fingerprint density at radius 3 is 2.00 bits per heavy atom. The lowest BCUT2D eigenvalue weighted by atomic mass is 10.1. The summed E-state index contributed by atoms with van der Waals surface area (Å²) >= 11 is 5.97. The number of nitrogens with zero attached hydrogens (tertiary/aromatic N) is 2. The molecule has 0 bridgehead atoms. The van der Waals surface area contributed by atoms with E-state index in [9.17, 15) is 18.0 Å². The summed E-state index contributed by atoms with van der Waals surface area (Å²) in [5.74, 6) is -0.774. The van der Waals surface area contributed by atoms with E-state index in [4.69, 9.17) is 11.6 Å². The minimum Gasteiger partial charge on any atom is -0.352 e. The Labute approximate surface area is 224 Å². The number of carbonyl (C=O) groups excluding carboxylic acids is 2. The first-order valence-electron chi connectivity index (χ1n) is 12.1. The van der Waals surface area contributed by atoms with Crippen LogP contribution in [0.3, 0.4) is 0 Å². The lowest BCUT2D eigenvalue weighted by Crippen LogP contribution is -2.53. The number of benzene rings is 3. The van der Waals surface area contributed by atoms with Gasteiger partial charge in [-0.3, -0.25) is 13.9 Å². The molecule has 37 heavy (non-hydrogen) atoms. The normalized spacial score (nSPS) is 12.1. The Balaban J connectivity index is 2.02. The van der Waals surface area contributed by atoms with Crippen LogP contribution in [0.5, 0.6) is 0 Å². The van der Waals surface area contributed by atoms with Gasteiger partial charge in [-0.15, -0.1) is 0 Å². The second-order valence-corrected chi connectivity index (χ2v) is 11.2. The molecule has 0 aromatic heterocycles. The van der Waals surface area contributed by atoms with Gasteiger partial charge >= 0.3 is 0 Å². The number of hydrogen-bond acceptors (Lipinski definition) is 4. The van der Waals surface area contributed by atoms with Crippen molar-refractivity contribution in [2.24, 2.45) is 0 Å². The third-order valence-corrected chi connectivity index (χ3v) is 7.78. The molecule has 1 N–H and O–H groups in total. The smallest absolute Gasteiger partial charge is 0.264 e. The van der Waals surface area contributed by atoms with E-state index < -0.39 is 28.5 Å². The number of para-hydroxylation sites is 1. The van der Waals surface area contributed by atoms with Crippen LogP contribution in [0.1, 0.15) is 32.8 Å². The van der Waals surface area contributed by atoms with E-state index >= 15 is 0 Å². The Kier molecular flexibility index (Phi) is 9.72. The van der Waals surface area contributed by atoms with Gasteiger partial charge in [0.05, 0.1) is 10.6 Å². The van der Waals surface area contributed by atoms with E-state index in [1.807, 2.05) is 51.1 Å². The van der Waals surface area contributed by atoms with Gasteiger partial charge in [0.25, 0.3) is 10.0 Å². The summed E-state index contributed by atoms with van der Waals surface area (Å²) in [4.78, 5) is 28.4. The summed E-state index contributed by atoms with van der Waals surface area (Å²) < 4.78 is 28.5. The molecule has 3 rings (SSSR count). The van der Waals surface area contributed by atoms with Crippen LogP contribution >= 0.6 is 11.6 Å². The van der Waals surface area contributed by atoms with Gasteiger partial charge in [-0.25, -0.2) is 8.42 Å². The van der Waals surface area contributed by atoms with E-state index in [1.54, 1.807) is 30.3 Å². The van der Waals surface area contributed by atoms with Crippen LogP contribution < -0.4 is 9.62 Å². The predicted octanol–water partition coefficient (Wildman–Crippen LogP) is 4.87. The molecular weight excluding hydrogens is 510 g/mol. The van der Waals surface area contributed by atoms with E-state index in [1.165, 1.54) is 29.2 Å². The van der Waals surface area contributed by atoms with Crippen molar-refractivity contribution < 1.29 is 18.0 Å². The highest BCUT2D eigenvalue weighted by molar-refractivity contribution is 7.92. The van der Waals surface area contributed by atoms with Crippen molar-refractivity contribution in [1.29, 1.82) is 0 Å². The summed E-state index contributed by atoms with van der Waals surface area (Å²) in [6.45, 7) is 5.21. The lowest BCUT2D eigenvalue weighted by Gasteiger charge is -2.33. The number of halogens is 1. The molecule has 0 saturated carbocycles. The van der Waals surface area contributed by atoms with Crippen molar-refractivity contribution in [2.75, 3.05) is 10.8 Å². The number of carbonyl (C=O) groups is 2. The zero-order chi connectivity index (χ0) is 27.0. The average Bonchev–Trinajstić information content (AvgIpc) is 2.88. The Morgan fingerprint density at radius 1 is 0.892 bits per heavy atom. The quantitative estimate of drug-likeness (QED) is 0.375. The number of sulfonamides is 1. The molecule has 0 aliphatic rings. The Morgan fingerprint density at radius 2 is 1.46 bits per heavy atom. The SMILES string of the molecule is CC[C@H](C(=O)NC(C)C)N(Cc1ccccc1)C(=O)CN(c1ccccc1)S(=O)(=O)c1ccc(Cl)cc1. The van der Waals surface area contributed by atoms with E-state index in [0.717, 1.165) is 9.87 Å². The largest absolute Gasteiger partial charge is 0.352 e. The fraction of sp³-hybridized carbons (Fsp3) is 0.286. The standard InChI is InChI=1S/C28H32ClN3O4S/c1-4-26(28(34)30-21(2)3)31(19-22-11-7-5-8-12-22)27(33)20-32(24-13-9-6-10-14-24)37(35,36)25-17-15-23(29)16-18-25/h5-18,21,26H,4,19-20H2,1-3H3,(H,30,34)/t26-/m1/s1. The van der Waals surface area contributed by atoms with Crippen molar-refractivity contribution >= 4 is 39.1 Å². The fourth-order valence-electron chi connectivity index (χ4n) is 3.94. The monoisotopic (exact) mass is 541 g/mol. The molecule has 9 heteroatoms. The highest BCUT2D eigenvalue weighted by Crippen LogP contribution is 2.25. The maximum atomic E-state index is 13.9. The summed E-state index contributed by atoms with van der Waals surface area (Å²) in [6, 6.07) is 22.7. The Bertz CT molecular complexity index is 1280. The minimum atomic E-state index is -4.12. The summed E-state index contributed by atoms with van der Waals surface area (Å²) in [5.41, 5.74) is 1.17. The first-order valence-corrected chi connectivity index (χ1v) is 13.9. The van der Waals surface area contributed by atoms with Gasteiger partial charge in [0, 0.05) is 17.6 Å². The van der Waals surface area contributed by atoms with Crippen molar-refractivity contribution in [2.45, 2.75) is 50.7 Å². The van der Waals surface area contributed by atoms with Crippen LogP contribution in [-0.2, 0) is 26.2 Å². The molecule has 0 fully saturated rings. The molecule has 1 atom stereocenters. The van der Waals surface area contributed by atoms with Crippen LogP contribution in [0, 0.1) is 0 Å². The molecular formula is C28H32ClN3O4S. The molecule has 0 radical (unpaired) electrons. The average molecular weight is 542 g/mol. The second kappa shape index (κ2) is 12.7. The molecule has 196 valence electrons. The predicted molar refractivity (Wildman–Crippen MR) is 147 cm³/mol. The van der Waals surface area contributed by atoms with Crippen molar-refractivity contribution in [3.8, 4) is 0 Å². The van der Waals surface area contributed by atoms with Gasteiger partial charge in [-0.2, -0.15) is 0 Å². The van der Waals surface area contributed by atoms with Crippen LogP contribution in [0.4, 0.5) is 5.69 Å². The number of nitrogens with one attached hydrogen (secondary N) is 1. The number of hydrogen-bond donors (Lipinski definition) is 1. The third kappa shape index (κ3) is 7.33. The van der Waals surface area contributed by atoms with Gasteiger partial charge < -0.3 is 10.2 Å². The van der Waals surface area contributed by atoms with E-state index in [-0.39, 0.29) is 23.4 Å². The van der Waals surface area contributed by atoms with Gasteiger partial charge in [-0.1, -0.05) is 67.1 Å². The van der Waals surface area contributed by atoms with Gasteiger partial charge in [0.1, 0.15) is 12.6 Å². The third-order valence-electron chi connectivity index (χ3n) is 5.74. The lowest BCUT2D eigenvalue weighted by molar-refractivity contribution is -0.140. The molecule has 0 unspecified atom stereocenters. The van der Waals surface area contributed by atoms with Crippen molar-refractivity contribution in [3.05, 3.63) is 95.5 Å². The molecule has 0 saturated heterocycles. The molecule has 7 nitrogen and oxygen atoms in total. The number of anilines is 1. The molecule has 0 heterocycles.